The van der Waals surface area contributed by atoms with Crippen LogP contribution in [0.25, 0.3) is 0 Å². The molecule has 0 aliphatic carbocycles. The summed E-state index contributed by atoms with van der Waals surface area (Å²) in [4.78, 5) is 0. The lowest BCUT2D eigenvalue weighted by molar-refractivity contribution is 0.302. The zero-order valence-corrected chi connectivity index (χ0v) is 14.6. The first-order valence-corrected chi connectivity index (χ1v) is 7.21. The minimum Gasteiger partial charge on any atom is -0.492 e. The van der Waals surface area contributed by atoms with Crippen LogP contribution in [0.5, 0.6) is 23.0 Å². The molecule has 0 bridgehead atoms. The quantitative estimate of drug-likeness (QED) is 0.591. The molecule has 0 heterocycles. The summed E-state index contributed by atoms with van der Waals surface area (Å²) in [7, 11) is 6.43. The highest BCUT2D eigenvalue weighted by molar-refractivity contribution is 5.66. The molecule has 124 valence electrons. The molecule has 0 aromatic heterocycles. The third kappa shape index (κ3) is 3.85. The fraction of sp³-hybridized carbons (Fsp3) is 0.529. The Morgan fingerprint density at radius 3 is 1.82 bits per heavy atom. The van der Waals surface area contributed by atoms with Gasteiger partial charge < -0.3 is 24.3 Å². The normalized spacial score (nSPS) is 10.1. The van der Waals surface area contributed by atoms with Gasteiger partial charge in [-0.05, 0) is 20.8 Å². The standard InChI is InChI=1S/C17H27NO4/c1-11(2)8-9-18-10-13-12(3)14(19-4)16(21-6)17(22-7)15(13)20-5/h8,18H,9-10H2,1-7H3. The number of ether oxygens (including phenoxy) is 4. The lowest BCUT2D eigenvalue weighted by Gasteiger charge is -2.21. The van der Waals surface area contributed by atoms with Crippen LogP contribution in [0, 0.1) is 6.92 Å². The molecule has 0 aliphatic heterocycles. The molecule has 1 aromatic carbocycles. The monoisotopic (exact) mass is 309 g/mol. The maximum absolute atomic E-state index is 5.55. The van der Waals surface area contributed by atoms with Gasteiger partial charge in [-0.15, -0.1) is 0 Å². The Hall–Kier alpha value is -1.88. The SMILES string of the molecule is COc1c(C)c(CNCC=C(C)C)c(OC)c(OC)c1OC. The van der Waals surface area contributed by atoms with Gasteiger partial charge in [0.1, 0.15) is 0 Å². The smallest absolute Gasteiger partial charge is 0.207 e. The van der Waals surface area contributed by atoms with Gasteiger partial charge in [0.05, 0.1) is 28.4 Å². The first kappa shape index (κ1) is 18.2. The summed E-state index contributed by atoms with van der Waals surface area (Å²) < 4.78 is 22.0. The molecule has 0 aliphatic rings. The molecular formula is C17H27NO4. The second-order valence-corrected chi connectivity index (χ2v) is 5.15. The van der Waals surface area contributed by atoms with E-state index in [1.807, 2.05) is 6.92 Å². The highest BCUT2D eigenvalue weighted by Gasteiger charge is 2.24. The molecule has 0 spiro atoms. The molecule has 0 unspecified atom stereocenters. The van der Waals surface area contributed by atoms with Crippen LogP contribution in [-0.2, 0) is 6.54 Å². The van der Waals surface area contributed by atoms with Gasteiger partial charge in [-0.25, -0.2) is 0 Å². The molecule has 0 saturated heterocycles. The van der Waals surface area contributed by atoms with Crippen molar-refractivity contribution in [3.05, 3.63) is 22.8 Å². The predicted molar refractivity (Wildman–Crippen MR) is 88.5 cm³/mol. The second-order valence-electron chi connectivity index (χ2n) is 5.15. The number of nitrogens with one attached hydrogen (secondary N) is 1. The zero-order chi connectivity index (χ0) is 16.7. The fourth-order valence-corrected chi connectivity index (χ4v) is 2.34. The van der Waals surface area contributed by atoms with Crippen LogP contribution >= 0.6 is 0 Å². The molecular weight excluding hydrogens is 282 g/mol. The van der Waals surface area contributed by atoms with Crippen molar-refractivity contribution in [1.82, 2.24) is 5.32 Å². The number of allylic oxidation sites excluding steroid dienone is 1. The summed E-state index contributed by atoms with van der Waals surface area (Å²) in [6, 6.07) is 0. The Balaban J connectivity index is 3.27. The largest absolute Gasteiger partial charge is 0.492 e. The molecule has 22 heavy (non-hydrogen) atoms. The average Bonchev–Trinajstić information content (AvgIpc) is 2.50. The van der Waals surface area contributed by atoms with Gasteiger partial charge in [-0.1, -0.05) is 11.6 Å². The Labute approximate surface area is 133 Å². The van der Waals surface area contributed by atoms with E-state index in [4.69, 9.17) is 18.9 Å². The van der Waals surface area contributed by atoms with E-state index in [1.54, 1.807) is 28.4 Å². The van der Waals surface area contributed by atoms with E-state index in [0.717, 1.165) is 17.7 Å². The zero-order valence-electron chi connectivity index (χ0n) is 14.6. The van der Waals surface area contributed by atoms with Crippen LogP contribution in [-0.4, -0.2) is 35.0 Å². The Kier molecular flexibility index (Phi) is 7.05. The van der Waals surface area contributed by atoms with Crippen LogP contribution in [0.1, 0.15) is 25.0 Å². The van der Waals surface area contributed by atoms with Crippen LogP contribution in [0.4, 0.5) is 0 Å². The van der Waals surface area contributed by atoms with Crippen molar-refractivity contribution in [2.24, 2.45) is 0 Å². The minimum atomic E-state index is 0.548. The molecule has 0 fully saturated rings. The third-order valence-electron chi connectivity index (χ3n) is 3.46. The summed E-state index contributed by atoms with van der Waals surface area (Å²) >= 11 is 0. The molecule has 0 amide bonds. The molecule has 1 N–H and O–H groups in total. The van der Waals surface area contributed by atoms with Crippen molar-refractivity contribution in [3.8, 4) is 23.0 Å². The van der Waals surface area contributed by atoms with E-state index in [2.05, 4.69) is 25.2 Å². The van der Waals surface area contributed by atoms with Crippen molar-refractivity contribution < 1.29 is 18.9 Å². The topological polar surface area (TPSA) is 49.0 Å². The van der Waals surface area contributed by atoms with Crippen molar-refractivity contribution >= 4 is 0 Å². The highest BCUT2D eigenvalue weighted by Crippen LogP contribution is 2.49. The molecule has 0 radical (unpaired) electrons. The van der Waals surface area contributed by atoms with Gasteiger partial charge in [0, 0.05) is 24.2 Å². The third-order valence-corrected chi connectivity index (χ3v) is 3.46. The molecule has 0 atom stereocenters. The van der Waals surface area contributed by atoms with Crippen molar-refractivity contribution in [1.29, 1.82) is 0 Å². The number of methoxy groups -OCH3 is 4. The minimum absolute atomic E-state index is 0.548. The molecule has 5 heteroatoms. The maximum atomic E-state index is 5.55. The van der Waals surface area contributed by atoms with Gasteiger partial charge in [0.25, 0.3) is 0 Å². The fourth-order valence-electron chi connectivity index (χ4n) is 2.34. The Morgan fingerprint density at radius 1 is 0.864 bits per heavy atom. The highest BCUT2D eigenvalue weighted by atomic mass is 16.5. The number of hydrogen-bond acceptors (Lipinski definition) is 5. The van der Waals surface area contributed by atoms with Gasteiger partial charge in [0.2, 0.25) is 11.5 Å². The second kappa shape index (κ2) is 8.54. The van der Waals surface area contributed by atoms with E-state index >= 15 is 0 Å². The van der Waals surface area contributed by atoms with E-state index in [9.17, 15) is 0 Å². The van der Waals surface area contributed by atoms with Crippen molar-refractivity contribution in [2.45, 2.75) is 27.3 Å². The number of rotatable bonds is 8. The summed E-state index contributed by atoms with van der Waals surface area (Å²) in [5, 5.41) is 3.38. The maximum Gasteiger partial charge on any atom is 0.207 e. The van der Waals surface area contributed by atoms with Crippen molar-refractivity contribution in [2.75, 3.05) is 35.0 Å². The average molecular weight is 309 g/mol. The van der Waals surface area contributed by atoms with Crippen LogP contribution in [0.15, 0.2) is 11.6 Å². The van der Waals surface area contributed by atoms with Gasteiger partial charge in [-0.3, -0.25) is 0 Å². The van der Waals surface area contributed by atoms with E-state index in [1.165, 1.54) is 5.57 Å². The summed E-state index contributed by atoms with van der Waals surface area (Å²) in [6.07, 6.45) is 2.14. The van der Waals surface area contributed by atoms with E-state index in [0.29, 0.717) is 29.5 Å². The van der Waals surface area contributed by atoms with Crippen LogP contribution < -0.4 is 24.3 Å². The van der Waals surface area contributed by atoms with Crippen LogP contribution in [0.2, 0.25) is 0 Å². The molecule has 5 nitrogen and oxygen atoms in total. The lowest BCUT2D eigenvalue weighted by Crippen LogP contribution is -2.16. The Morgan fingerprint density at radius 2 is 1.36 bits per heavy atom. The first-order chi connectivity index (χ1) is 10.5. The van der Waals surface area contributed by atoms with E-state index < -0.39 is 0 Å². The summed E-state index contributed by atoms with van der Waals surface area (Å²) in [5.41, 5.74) is 3.25. The van der Waals surface area contributed by atoms with Gasteiger partial charge >= 0.3 is 0 Å². The van der Waals surface area contributed by atoms with Gasteiger partial charge in [-0.2, -0.15) is 0 Å². The lowest BCUT2D eigenvalue weighted by atomic mass is 10.0. The molecule has 0 saturated carbocycles. The first-order valence-electron chi connectivity index (χ1n) is 7.21. The number of hydrogen-bond donors (Lipinski definition) is 1. The van der Waals surface area contributed by atoms with Crippen molar-refractivity contribution in [3.63, 3.8) is 0 Å². The summed E-state index contributed by atoms with van der Waals surface area (Å²) in [5.74, 6) is 2.43. The number of benzene rings is 1. The van der Waals surface area contributed by atoms with Crippen LogP contribution in [0.3, 0.4) is 0 Å². The van der Waals surface area contributed by atoms with Gasteiger partial charge in [0.15, 0.2) is 11.5 Å². The Bertz CT molecular complexity index is 534. The summed E-state index contributed by atoms with van der Waals surface area (Å²) in [6.45, 7) is 7.58. The van der Waals surface area contributed by atoms with E-state index in [-0.39, 0.29) is 0 Å². The molecule has 1 rings (SSSR count). The molecule has 1 aromatic rings. The predicted octanol–water partition coefficient (Wildman–Crippen LogP) is 3.09.